The predicted octanol–water partition coefficient (Wildman–Crippen LogP) is 5.48. The van der Waals surface area contributed by atoms with Crippen LogP contribution in [0.5, 0.6) is 11.6 Å². The minimum atomic E-state index is -3.93. The quantitative estimate of drug-likeness (QED) is 0.144. The number of alkyl carbamates (subject to hydrolysis) is 1. The average Bonchev–Trinajstić information content (AvgIpc) is 3.86. The molecular formula is C39H57N5O9S2. The van der Waals surface area contributed by atoms with Gasteiger partial charge in [0.05, 0.1) is 23.3 Å². The summed E-state index contributed by atoms with van der Waals surface area (Å²) in [5, 5.41) is 6.39. The number of rotatable bonds is 16. The standard InChI is InChI=1S/C39H57N5O9S2/c1-11-19-39(10,35(47)43-55(49,50)25-14-15-25)42-32(45)28-22-24(23-44(28)34(46)31(37(4,5)6)41-36(48)53-38(7,8)9)52-33-27-16-17-29(51-13-3)30(54-21-12-2)26(27)18-20-40-33/h11,16-18,20,24-25,28,31H,1,12-15,19,21-23H2,2-10H3,(H,41,48)(H,42,45)(H,43,47)/t24-,28+,31-,39-/m1/s1. The number of carbonyl (C=O) groups excluding carboxylic acids is 4. The Morgan fingerprint density at radius 2 is 1.75 bits per heavy atom. The number of likely N-dealkylation sites (tertiary alicyclic amines) is 1. The third-order valence-corrected chi connectivity index (χ3v) is 12.3. The first-order valence-electron chi connectivity index (χ1n) is 18.8. The topological polar surface area (TPSA) is 182 Å². The van der Waals surface area contributed by atoms with Gasteiger partial charge in [0.2, 0.25) is 27.7 Å². The second-order valence-corrected chi connectivity index (χ2v) is 19.4. The van der Waals surface area contributed by atoms with Gasteiger partial charge in [-0.25, -0.2) is 18.2 Å². The van der Waals surface area contributed by atoms with Gasteiger partial charge in [-0.2, -0.15) is 0 Å². The van der Waals surface area contributed by atoms with Crippen LogP contribution in [0.3, 0.4) is 0 Å². The lowest BCUT2D eigenvalue weighted by molar-refractivity contribution is -0.143. The third kappa shape index (κ3) is 11.0. The second-order valence-electron chi connectivity index (χ2n) is 16.3. The van der Waals surface area contributed by atoms with Crippen LogP contribution in [-0.4, -0.2) is 95.6 Å². The van der Waals surface area contributed by atoms with Gasteiger partial charge >= 0.3 is 6.09 Å². The molecule has 0 unspecified atom stereocenters. The van der Waals surface area contributed by atoms with Gasteiger partial charge in [0.15, 0.2) is 0 Å². The van der Waals surface area contributed by atoms with E-state index in [4.69, 9.17) is 14.2 Å². The summed E-state index contributed by atoms with van der Waals surface area (Å²) in [6.45, 7) is 20.0. The molecule has 2 heterocycles. The Morgan fingerprint density at radius 3 is 2.33 bits per heavy atom. The molecule has 2 aliphatic rings. The molecule has 16 heteroatoms. The molecule has 1 aromatic heterocycles. The van der Waals surface area contributed by atoms with Crippen LogP contribution in [0, 0.1) is 5.41 Å². The average molecular weight is 804 g/mol. The number of ether oxygens (including phenoxy) is 3. The van der Waals surface area contributed by atoms with Crippen LogP contribution >= 0.6 is 11.8 Å². The number of hydrogen-bond donors (Lipinski definition) is 3. The number of thioether (sulfide) groups is 1. The fourth-order valence-electron chi connectivity index (χ4n) is 6.22. The number of aromatic nitrogens is 1. The van der Waals surface area contributed by atoms with E-state index in [1.807, 2.05) is 25.1 Å². The highest BCUT2D eigenvalue weighted by Crippen LogP contribution is 2.40. The number of amides is 4. The molecule has 3 N–H and O–H groups in total. The molecular weight excluding hydrogens is 747 g/mol. The minimum absolute atomic E-state index is 0.000423. The maximum Gasteiger partial charge on any atom is 0.408 e. The van der Waals surface area contributed by atoms with Gasteiger partial charge in [-0.3, -0.25) is 19.1 Å². The number of nitrogens with one attached hydrogen (secondary N) is 3. The molecule has 304 valence electrons. The van der Waals surface area contributed by atoms with Crippen LogP contribution < -0.4 is 24.8 Å². The first kappa shape index (κ1) is 43.7. The van der Waals surface area contributed by atoms with Crippen LogP contribution in [0.1, 0.15) is 94.4 Å². The molecule has 55 heavy (non-hydrogen) atoms. The molecule has 2 aromatic rings. The van der Waals surface area contributed by atoms with Crippen molar-refractivity contribution in [2.45, 2.75) is 134 Å². The zero-order valence-electron chi connectivity index (χ0n) is 33.4. The summed E-state index contributed by atoms with van der Waals surface area (Å²) in [5.41, 5.74) is -3.39. The summed E-state index contributed by atoms with van der Waals surface area (Å²) in [7, 11) is -3.93. The van der Waals surface area contributed by atoms with Crippen LogP contribution in [-0.2, 0) is 29.1 Å². The van der Waals surface area contributed by atoms with Gasteiger partial charge in [0.1, 0.15) is 35.1 Å². The summed E-state index contributed by atoms with van der Waals surface area (Å²) in [5.74, 6) is -0.270. The van der Waals surface area contributed by atoms with Crippen LogP contribution in [0.4, 0.5) is 4.79 Å². The molecule has 0 bridgehead atoms. The normalized spacial score (nSPS) is 19.2. The van der Waals surface area contributed by atoms with Crippen molar-refractivity contribution in [3.05, 3.63) is 37.1 Å². The highest BCUT2D eigenvalue weighted by molar-refractivity contribution is 7.99. The lowest BCUT2D eigenvalue weighted by Crippen LogP contribution is -2.62. The Hall–Kier alpha value is -4.05. The van der Waals surface area contributed by atoms with Crippen molar-refractivity contribution in [2.75, 3.05) is 18.9 Å². The fourth-order valence-corrected chi connectivity index (χ4v) is 8.64. The second kappa shape index (κ2) is 17.4. The van der Waals surface area contributed by atoms with Crippen molar-refractivity contribution in [3.63, 3.8) is 0 Å². The highest BCUT2D eigenvalue weighted by atomic mass is 32.2. The van der Waals surface area contributed by atoms with Gasteiger partial charge in [0, 0.05) is 23.4 Å². The molecule has 1 aliphatic heterocycles. The van der Waals surface area contributed by atoms with Crippen molar-refractivity contribution in [1.29, 1.82) is 0 Å². The van der Waals surface area contributed by atoms with Gasteiger partial charge in [-0.1, -0.05) is 33.8 Å². The Kier molecular flexibility index (Phi) is 13.8. The van der Waals surface area contributed by atoms with Crippen molar-refractivity contribution < 1.29 is 41.8 Å². The smallest absolute Gasteiger partial charge is 0.408 e. The summed E-state index contributed by atoms with van der Waals surface area (Å²) >= 11 is 1.67. The number of nitrogens with zero attached hydrogens (tertiary/aromatic N) is 2. The van der Waals surface area contributed by atoms with E-state index in [9.17, 15) is 27.6 Å². The fraction of sp³-hybridized carbons (Fsp3) is 0.615. The van der Waals surface area contributed by atoms with E-state index in [2.05, 4.69) is 33.8 Å². The number of pyridine rings is 1. The number of fused-ring (bicyclic) bond motifs is 1. The molecule has 1 aromatic carbocycles. The molecule has 0 spiro atoms. The molecule has 4 rings (SSSR count). The maximum atomic E-state index is 14.6. The van der Waals surface area contributed by atoms with Crippen LogP contribution in [0.25, 0.3) is 10.8 Å². The molecule has 4 amide bonds. The predicted molar refractivity (Wildman–Crippen MR) is 213 cm³/mol. The van der Waals surface area contributed by atoms with E-state index in [0.717, 1.165) is 33.6 Å². The zero-order valence-corrected chi connectivity index (χ0v) is 35.1. The SMILES string of the molecule is C=CC[C@@](C)(NC(=O)[C@@H]1C[C@@H](Oc2nccc3c(SCCC)c(OCC)ccc23)CN1C(=O)[C@@H](NC(=O)OC(C)(C)C)C(C)(C)C)C(=O)NS(=O)(=O)C1CC1. The number of carbonyl (C=O) groups is 4. The highest BCUT2D eigenvalue weighted by Gasteiger charge is 2.49. The van der Waals surface area contributed by atoms with Crippen molar-refractivity contribution in [2.24, 2.45) is 5.41 Å². The zero-order chi connectivity index (χ0) is 40.9. The first-order chi connectivity index (χ1) is 25.6. The molecule has 4 atom stereocenters. The Morgan fingerprint density at radius 1 is 1.05 bits per heavy atom. The summed E-state index contributed by atoms with van der Waals surface area (Å²) in [6, 6.07) is 3.33. The van der Waals surface area contributed by atoms with Gasteiger partial charge < -0.3 is 29.7 Å². The number of benzene rings is 1. The Balaban J connectivity index is 1.71. The number of hydrogen-bond acceptors (Lipinski definition) is 11. The minimum Gasteiger partial charge on any atom is -0.493 e. The molecule has 1 saturated carbocycles. The molecule has 1 aliphatic carbocycles. The van der Waals surface area contributed by atoms with Crippen molar-refractivity contribution in [1.82, 2.24) is 25.2 Å². The molecule has 1 saturated heterocycles. The number of sulfonamides is 1. The van der Waals surface area contributed by atoms with E-state index in [1.165, 1.54) is 17.9 Å². The van der Waals surface area contributed by atoms with E-state index in [-0.39, 0.29) is 19.4 Å². The lowest BCUT2D eigenvalue weighted by Gasteiger charge is -2.36. The monoisotopic (exact) mass is 803 g/mol. The van der Waals surface area contributed by atoms with Gasteiger partial charge in [0.25, 0.3) is 5.91 Å². The largest absolute Gasteiger partial charge is 0.493 e. The molecule has 0 radical (unpaired) electrons. The molecule has 2 fully saturated rings. The van der Waals surface area contributed by atoms with E-state index < -0.39 is 73.8 Å². The van der Waals surface area contributed by atoms with E-state index in [0.29, 0.717) is 25.3 Å². The summed E-state index contributed by atoms with van der Waals surface area (Å²) in [6.07, 6.45) is 3.24. The van der Waals surface area contributed by atoms with Crippen LogP contribution in [0.2, 0.25) is 0 Å². The van der Waals surface area contributed by atoms with Crippen LogP contribution in [0.15, 0.2) is 41.9 Å². The Labute approximate surface area is 329 Å². The lowest BCUT2D eigenvalue weighted by atomic mass is 9.85. The maximum absolute atomic E-state index is 14.6. The first-order valence-corrected chi connectivity index (χ1v) is 21.3. The summed E-state index contributed by atoms with van der Waals surface area (Å²) in [4.78, 5) is 62.2. The Bertz CT molecular complexity index is 1870. The van der Waals surface area contributed by atoms with Gasteiger partial charge in [-0.05, 0) is 89.7 Å². The van der Waals surface area contributed by atoms with E-state index >= 15 is 0 Å². The third-order valence-electron chi connectivity index (χ3n) is 9.13. The molecule has 14 nitrogen and oxygen atoms in total. The van der Waals surface area contributed by atoms with E-state index in [1.54, 1.807) is 59.5 Å². The summed E-state index contributed by atoms with van der Waals surface area (Å²) < 4.78 is 45.5. The van der Waals surface area contributed by atoms with Gasteiger partial charge in [-0.15, -0.1) is 18.3 Å². The van der Waals surface area contributed by atoms with Crippen molar-refractivity contribution >= 4 is 56.4 Å². The van der Waals surface area contributed by atoms with Crippen molar-refractivity contribution in [3.8, 4) is 11.6 Å².